The molecular formula is C12H22N2. The van der Waals surface area contributed by atoms with Gasteiger partial charge >= 0.3 is 0 Å². The molecule has 3 aliphatic rings. The van der Waals surface area contributed by atoms with Gasteiger partial charge in [-0.1, -0.05) is 6.42 Å². The standard InChI is InChI=1S/C12H22N2/c13-12-3-1-2-10(12)8-14-7-9-4-5-11(14)6-9/h9-12H,1-8,13H2/t9?,10-,11?,12-/m1/s1. The zero-order valence-electron chi connectivity index (χ0n) is 8.99. The number of hydrogen-bond donors (Lipinski definition) is 1. The Morgan fingerprint density at radius 2 is 2.07 bits per heavy atom. The minimum Gasteiger partial charge on any atom is -0.327 e. The van der Waals surface area contributed by atoms with E-state index in [0.29, 0.717) is 6.04 Å². The summed E-state index contributed by atoms with van der Waals surface area (Å²) in [5.41, 5.74) is 6.13. The van der Waals surface area contributed by atoms with E-state index in [1.165, 1.54) is 51.6 Å². The smallest absolute Gasteiger partial charge is 0.00987 e. The molecule has 0 aromatic carbocycles. The van der Waals surface area contributed by atoms with Crippen LogP contribution in [-0.4, -0.2) is 30.1 Å². The van der Waals surface area contributed by atoms with Crippen LogP contribution in [0.3, 0.4) is 0 Å². The fourth-order valence-electron chi connectivity index (χ4n) is 3.84. The Bertz CT molecular complexity index is 216. The zero-order chi connectivity index (χ0) is 9.54. The van der Waals surface area contributed by atoms with Gasteiger partial charge in [0.15, 0.2) is 0 Å². The highest BCUT2D eigenvalue weighted by molar-refractivity contribution is 4.94. The summed E-state index contributed by atoms with van der Waals surface area (Å²) in [5, 5.41) is 0. The van der Waals surface area contributed by atoms with Crippen LogP contribution in [0.5, 0.6) is 0 Å². The molecule has 2 heteroatoms. The average molecular weight is 194 g/mol. The third-order valence-electron chi connectivity index (χ3n) is 4.71. The molecule has 1 aliphatic heterocycles. The molecule has 80 valence electrons. The van der Waals surface area contributed by atoms with Crippen molar-refractivity contribution in [1.82, 2.24) is 4.90 Å². The van der Waals surface area contributed by atoms with Crippen LogP contribution in [0.1, 0.15) is 38.5 Å². The number of nitrogens with zero attached hydrogens (tertiary/aromatic N) is 1. The van der Waals surface area contributed by atoms with Crippen LogP contribution in [0.15, 0.2) is 0 Å². The molecule has 0 amide bonds. The summed E-state index contributed by atoms with van der Waals surface area (Å²) in [6, 6.07) is 1.45. The number of hydrogen-bond acceptors (Lipinski definition) is 2. The van der Waals surface area contributed by atoms with E-state index in [1.54, 1.807) is 0 Å². The highest BCUT2D eigenvalue weighted by Gasteiger charge is 2.39. The van der Waals surface area contributed by atoms with Crippen molar-refractivity contribution in [3.63, 3.8) is 0 Å². The average Bonchev–Trinajstić information content (AvgIpc) is 2.83. The Labute approximate surface area is 86.8 Å². The van der Waals surface area contributed by atoms with E-state index in [4.69, 9.17) is 5.73 Å². The third kappa shape index (κ3) is 1.49. The summed E-state index contributed by atoms with van der Waals surface area (Å²) in [7, 11) is 0. The Hall–Kier alpha value is -0.0800. The van der Waals surface area contributed by atoms with Crippen molar-refractivity contribution in [1.29, 1.82) is 0 Å². The van der Waals surface area contributed by atoms with E-state index in [9.17, 15) is 0 Å². The molecular weight excluding hydrogens is 172 g/mol. The van der Waals surface area contributed by atoms with Crippen molar-refractivity contribution in [3.05, 3.63) is 0 Å². The Balaban J connectivity index is 1.57. The van der Waals surface area contributed by atoms with Gasteiger partial charge in [-0.2, -0.15) is 0 Å². The highest BCUT2D eigenvalue weighted by atomic mass is 15.2. The second kappa shape index (κ2) is 3.49. The minimum atomic E-state index is 0.508. The molecule has 4 atom stereocenters. The van der Waals surface area contributed by atoms with Crippen LogP contribution in [0.4, 0.5) is 0 Å². The van der Waals surface area contributed by atoms with Crippen LogP contribution in [0, 0.1) is 11.8 Å². The third-order valence-corrected chi connectivity index (χ3v) is 4.71. The van der Waals surface area contributed by atoms with Gasteiger partial charge in [-0.25, -0.2) is 0 Å². The molecule has 1 heterocycles. The van der Waals surface area contributed by atoms with Gasteiger partial charge in [-0.3, -0.25) is 4.90 Å². The predicted octanol–water partition coefficient (Wildman–Crippen LogP) is 1.60. The summed E-state index contributed by atoms with van der Waals surface area (Å²) in [4.78, 5) is 2.74. The lowest BCUT2D eigenvalue weighted by atomic mass is 10.0. The van der Waals surface area contributed by atoms with Crippen molar-refractivity contribution in [2.75, 3.05) is 13.1 Å². The van der Waals surface area contributed by atoms with Crippen molar-refractivity contribution >= 4 is 0 Å². The first-order valence-electron chi connectivity index (χ1n) is 6.32. The second-order valence-electron chi connectivity index (χ2n) is 5.64. The van der Waals surface area contributed by atoms with Gasteiger partial charge in [0.05, 0.1) is 0 Å². The predicted molar refractivity (Wildman–Crippen MR) is 58.0 cm³/mol. The van der Waals surface area contributed by atoms with E-state index in [0.717, 1.165) is 17.9 Å². The van der Waals surface area contributed by atoms with Gasteiger partial charge in [0.2, 0.25) is 0 Å². The summed E-state index contributed by atoms with van der Waals surface area (Å²) < 4.78 is 0. The zero-order valence-corrected chi connectivity index (χ0v) is 8.99. The Morgan fingerprint density at radius 1 is 1.14 bits per heavy atom. The lowest BCUT2D eigenvalue weighted by molar-refractivity contribution is 0.177. The van der Waals surface area contributed by atoms with E-state index < -0.39 is 0 Å². The molecule has 2 unspecified atom stereocenters. The monoisotopic (exact) mass is 194 g/mol. The Kier molecular flexibility index (Phi) is 2.29. The number of rotatable bonds is 2. The lowest BCUT2D eigenvalue weighted by Gasteiger charge is -2.30. The molecule has 2 N–H and O–H groups in total. The van der Waals surface area contributed by atoms with Crippen LogP contribution in [-0.2, 0) is 0 Å². The van der Waals surface area contributed by atoms with Crippen LogP contribution in [0.2, 0.25) is 0 Å². The summed E-state index contributed by atoms with van der Waals surface area (Å²) >= 11 is 0. The fourth-order valence-corrected chi connectivity index (χ4v) is 3.84. The van der Waals surface area contributed by atoms with Crippen molar-refractivity contribution in [2.24, 2.45) is 17.6 Å². The molecule has 3 rings (SSSR count). The van der Waals surface area contributed by atoms with E-state index in [1.807, 2.05) is 0 Å². The molecule has 2 aliphatic carbocycles. The maximum absolute atomic E-state index is 6.13. The number of piperidine rings is 1. The lowest BCUT2D eigenvalue weighted by Crippen LogP contribution is -2.40. The van der Waals surface area contributed by atoms with E-state index in [2.05, 4.69) is 4.90 Å². The second-order valence-corrected chi connectivity index (χ2v) is 5.64. The molecule has 0 radical (unpaired) electrons. The number of nitrogens with two attached hydrogens (primary N) is 1. The minimum absolute atomic E-state index is 0.508. The fraction of sp³-hybridized carbons (Fsp3) is 1.00. The Morgan fingerprint density at radius 3 is 2.64 bits per heavy atom. The first-order chi connectivity index (χ1) is 6.83. The maximum Gasteiger partial charge on any atom is 0.00987 e. The SMILES string of the molecule is N[C@@H]1CCC[C@@H]1CN1CC2CCC1C2. The maximum atomic E-state index is 6.13. The van der Waals surface area contributed by atoms with E-state index >= 15 is 0 Å². The summed E-state index contributed by atoms with van der Waals surface area (Å²) in [6.07, 6.45) is 8.47. The molecule has 2 nitrogen and oxygen atoms in total. The van der Waals surface area contributed by atoms with Gasteiger partial charge < -0.3 is 5.73 Å². The summed E-state index contributed by atoms with van der Waals surface area (Å²) in [5.74, 6) is 1.85. The quantitative estimate of drug-likeness (QED) is 0.723. The van der Waals surface area contributed by atoms with E-state index in [-0.39, 0.29) is 0 Å². The van der Waals surface area contributed by atoms with Crippen molar-refractivity contribution in [2.45, 2.75) is 50.6 Å². The summed E-state index contributed by atoms with van der Waals surface area (Å²) in [6.45, 7) is 2.69. The van der Waals surface area contributed by atoms with Gasteiger partial charge in [0.25, 0.3) is 0 Å². The molecule has 0 spiro atoms. The van der Waals surface area contributed by atoms with Crippen LogP contribution < -0.4 is 5.73 Å². The van der Waals surface area contributed by atoms with Crippen molar-refractivity contribution in [3.8, 4) is 0 Å². The highest BCUT2D eigenvalue weighted by Crippen LogP contribution is 2.38. The molecule has 0 aromatic heterocycles. The molecule has 2 bridgehead atoms. The largest absolute Gasteiger partial charge is 0.327 e. The van der Waals surface area contributed by atoms with Gasteiger partial charge in [-0.05, 0) is 43.9 Å². The molecule has 2 saturated carbocycles. The van der Waals surface area contributed by atoms with Crippen LogP contribution >= 0.6 is 0 Å². The van der Waals surface area contributed by atoms with Gasteiger partial charge in [0, 0.05) is 25.2 Å². The molecule has 14 heavy (non-hydrogen) atoms. The van der Waals surface area contributed by atoms with Gasteiger partial charge in [-0.15, -0.1) is 0 Å². The van der Waals surface area contributed by atoms with Crippen LogP contribution in [0.25, 0.3) is 0 Å². The molecule has 1 saturated heterocycles. The number of likely N-dealkylation sites (tertiary alicyclic amines) is 1. The van der Waals surface area contributed by atoms with Gasteiger partial charge in [0.1, 0.15) is 0 Å². The molecule has 0 aromatic rings. The number of fused-ring (bicyclic) bond motifs is 2. The van der Waals surface area contributed by atoms with Crippen molar-refractivity contribution < 1.29 is 0 Å². The topological polar surface area (TPSA) is 29.3 Å². The normalized spacial score (nSPS) is 47.8. The first kappa shape index (κ1) is 9.17. The molecule has 3 fully saturated rings. The first-order valence-corrected chi connectivity index (χ1v) is 6.32.